The van der Waals surface area contributed by atoms with Crippen molar-refractivity contribution in [2.75, 3.05) is 12.4 Å². The lowest BCUT2D eigenvalue weighted by molar-refractivity contribution is 0.880. The summed E-state index contributed by atoms with van der Waals surface area (Å²) in [7, 11) is 1.91. The Morgan fingerprint density at radius 1 is 1.15 bits per heavy atom. The second-order valence-electron chi connectivity index (χ2n) is 5.34. The fourth-order valence-electron chi connectivity index (χ4n) is 2.17. The van der Waals surface area contributed by atoms with E-state index in [-0.39, 0.29) is 0 Å². The van der Waals surface area contributed by atoms with Crippen LogP contribution in [0.2, 0.25) is 0 Å². The van der Waals surface area contributed by atoms with E-state index in [1.807, 2.05) is 13.1 Å². The fraction of sp³-hybridized carbons (Fsp3) is 0.375. The maximum Gasteiger partial charge on any atom is 0.135 e. The Labute approximate surface area is 124 Å². The second kappa shape index (κ2) is 5.44. The number of hydrogen-bond acceptors (Lipinski definition) is 4. The molecule has 1 aromatic heterocycles. The number of aromatic nitrogens is 2. The molecule has 1 heterocycles. The zero-order valence-electron chi connectivity index (χ0n) is 12.1. The highest BCUT2D eigenvalue weighted by Crippen LogP contribution is 2.40. The van der Waals surface area contributed by atoms with Crippen LogP contribution in [0.1, 0.15) is 35.7 Å². The van der Waals surface area contributed by atoms with Crippen molar-refractivity contribution in [3.05, 3.63) is 41.2 Å². The normalized spacial score (nSPS) is 14.3. The molecule has 3 nitrogen and oxygen atoms in total. The van der Waals surface area contributed by atoms with Gasteiger partial charge in [0.25, 0.3) is 0 Å². The quantitative estimate of drug-likeness (QED) is 0.856. The Kier molecular flexibility index (Phi) is 3.66. The van der Waals surface area contributed by atoms with Crippen LogP contribution in [0.4, 0.5) is 5.82 Å². The lowest BCUT2D eigenvalue weighted by atomic mass is 10.2. The largest absolute Gasteiger partial charge is 0.373 e. The molecule has 2 aromatic rings. The molecular formula is C16H19N3S. The molecule has 0 spiro atoms. The maximum absolute atomic E-state index is 4.71. The molecule has 0 aliphatic heterocycles. The van der Waals surface area contributed by atoms with E-state index in [0.717, 1.165) is 16.7 Å². The molecule has 1 aromatic carbocycles. The van der Waals surface area contributed by atoms with E-state index < -0.39 is 0 Å². The lowest BCUT2D eigenvalue weighted by Gasteiger charge is -2.09. The summed E-state index contributed by atoms with van der Waals surface area (Å²) < 4.78 is 0. The van der Waals surface area contributed by atoms with Crippen molar-refractivity contribution in [3.8, 4) is 0 Å². The van der Waals surface area contributed by atoms with Gasteiger partial charge < -0.3 is 5.32 Å². The maximum atomic E-state index is 4.71. The van der Waals surface area contributed by atoms with Gasteiger partial charge in [0.15, 0.2) is 0 Å². The van der Waals surface area contributed by atoms with Gasteiger partial charge in [0.1, 0.15) is 16.7 Å². The summed E-state index contributed by atoms with van der Waals surface area (Å²) in [6.45, 7) is 4.27. The SMILES string of the molecule is CNc1cc(Sc2ccc(C)cc2C)nc(C2CC2)n1. The third-order valence-corrected chi connectivity index (χ3v) is 4.56. The van der Waals surface area contributed by atoms with E-state index in [2.05, 4.69) is 42.3 Å². The molecule has 104 valence electrons. The van der Waals surface area contributed by atoms with Gasteiger partial charge in [-0.2, -0.15) is 0 Å². The average Bonchev–Trinajstić information content (AvgIpc) is 3.26. The van der Waals surface area contributed by atoms with Crippen LogP contribution in [-0.2, 0) is 0 Å². The monoisotopic (exact) mass is 285 g/mol. The van der Waals surface area contributed by atoms with Crippen LogP contribution in [0.5, 0.6) is 0 Å². The van der Waals surface area contributed by atoms with E-state index in [1.165, 1.54) is 28.9 Å². The van der Waals surface area contributed by atoms with Crippen LogP contribution in [0.15, 0.2) is 34.2 Å². The summed E-state index contributed by atoms with van der Waals surface area (Å²) in [5, 5.41) is 4.16. The van der Waals surface area contributed by atoms with Gasteiger partial charge in [0.2, 0.25) is 0 Å². The summed E-state index contributed by atoms with van der Waals surface area (Å²) in [6.07, 6.45) is 2.45. The highest BCUT2D eigenvalue weighted by molar-refractivity contribution is 7.99. The first-order chi connectivity index (χ1) is 9.65. The zero-order chi connectivity index (χ0) is 14.1. The lowest BCUT2D eigenvalue weighted by Crippen LogP contribution is -2.00. The minimum Gasteiger partial charge on any atom is -0.373 e. The van der Waals surface area contributed by atoms with Crippen LogP contribution in [-0.4, -0.2) is 17.0 Å². The van der Waals surface area contributed by atoms with Gasteiger partial charge in [-0.15, -0.1) is 0 Å². The molecule has 20 heavy (non-hydrogen) atoms. The Bertz CT molecular complexity index is 636. The molecule has 0 saturated heterocycles. The molecule has 0 atom stereocenters. The van der Waals surface area contributed by atoms with Crippen molar-refractivity contribution in [1.82, 2.24) is 9.97 Å². The minimum absolute atomic E-state index is 0.571. The number of hydrogen-bond donors (Lipinski definition) is 1. The molecule has 1 fully saturated rings. The Hall–Kier alpha value is -1.55. The molecule has 3 rings (SSSR count). The third-order valence-electron chi connectivity index (χ3n) is 3.46. The molecule has 1 saturated carbocycles. The van der Waals surface area contributed by atoms with E-state index in [9.17, 15) is 0 Å². The van der Waals surface area contributed by atoms with E-state index in [0.29, 0.717) is 5.92 Å². The van der Waals surface area contributed by atoms with Crippen LogP contribution >= 0.6 is 11.8 Å². The van der Waals surface area contributed by atoms with Crippen LogP contribution in [0, 0.1) is 13.8 Å². The molecule has 0 bridgehead atoms. The van der Waals surface area contributed by atoms with Crippen molar-refractivity contribution < 1.29 is 0 Å². The van der Waals surface area contributed by atoms with Crippen molar-refractivity contribution >= 4 is 17.6 Å². The Balaban J connectivity index is 1.91. The second-order valence-corrected chi connectivity index (χ2v) is 6.41. The summed E-state index contributed by atoms with van der Waals surface area (Å²) in [6, 6.07) is 8.56. The number of rotatable bonds is 4. The molecule has 4 heteroatoms. The molecule has 0 unspecified atom stereocenters. The number of anilines is 1. The van der Waals surface area contributed by atoms with Crippen LogP contribution in [0.25, 0.3) is 0 Å². The van der Waals surface area contributed by atoms with E-state index in [1.54, 1.807) is 11.8 Å². The number of nitrogens with one attached hydrogen (secondary N) is 1. The van der Waals surface area contributed by atoms with Gasteiger partial charge >= 0.3 is 0 Å². The summed E-state index contributed by atoms with van der Waals surface area (Å²) in [5.41, 5.74) is 2.59. The third kappa shape index (κ3) is 2.96. The van der Waals surface area contributed by atoms with Crippen molar-refractivity contribution in [2.24, 2.45) is 0 Å². The van der Waals surface area contributed by atoms with Gasteiger partial charge in [-0.3, -0.25) is 0 Å². The van der Waals surface area contributed by atoms with Gasteiger partial charge in [-0.25, -0.2) is 9.97 Å². The van der Waals surface area contributed by atoms with Crippen molar-refractivity contribution in [1.29, 1.82) is 0 Å². The van der Waals surface area contributed by atoms with Gasteiger partial charge in [-0.05, 0) is 38.3 Å². The highest BCUT2D eigenvalue weighted by Gasteiger charge is 2.27. The van der Waals surface area contributed by atoms with Gasteiger partial charge in [-0.1, -0.05) is 29.5 Å². The summed E-state index contributed by atoms with van der Waals surface area (Å²) >= 11 is 1.72. The minimum atomic E-state index is 0.571. The highest BCUT2D eigenvalue weighted by atomic mass is 32.2. The van der Waals surface area contributed by atoms with Crippen LogP contribution in [0.3, 0.4) is 0 Å². The topological polar surface area (TPSA) is 37.8 Å². The zero-order valence-corrected chi connectivity index (χ0v) is 12.9. The number of aryl methyl sites for hydroxylation is 2. The van der Waals surface area contributed by atoms with Crippen molar-refractivity contribution in [2.45, 2.75) is 42.5 Å². The first kappa shape index (κ1) is 13.4. The molecule has 0 amide bonds. The molecule has 0 radical (unpaired) electrons. The molecule has 1 N–H and O–H groups in total. The molecule has 1 aliphatic carbocycles. The van der Waals surface area contributed by atoms with E-state index >= 15 is 0 Å². The first-order valence-corrected chi connectivity index (χ1v) is 7.79. The van der Waals surface area contributed by atoms with Crippen molar-refractivity contribution in [3.63, 3.8) is 0 Å². The fourth-order valence-corrected chi connectivity index (χ4v) is 3.06. The molecular weight excluding hydrogens is 266 g/mol. The first-order valence-electron chi connectivity index (χ1n) is 6.97. The predicted octanol–water partition coefficient (Wildman–Crippen LogP) is 4.16. The van der Waals surface area contributed by atoms with Gasteiger partial charge in [0.05, 0.1) is 0 Å². The molecule has 1 aliphatic rings. The summed E-state index contributed by atoms with van der Waals surface area (Å²) in [4.78, 5) is 10.5. The van der Waals surface area contributed by atoms with Crippen LogP contribution < -0.4 is 5.32 Å². The smallest absolute Gasteiger partial charge is 0.135 e. The standard InChI is InChI=1S/C16H19N3S/c1-10-4-7-13(11(2)8-10)20-15-9-14(17-3)18-16(19-15)12-5-6-12/h4,7-9,12H,5-6H2,1-3H3,(H,17,18,19). The predicted molar refractivity (Wildman–Crippen MR) is 83.6 cm³/mol. The number of benzene rings is 1. The van der Waals surface area contributed by atoms with Gasteiger partial charge in [0, 0.05) is 23.9 Å². The summed E-state index contributed by atoms with van der Waals surface area (Å²) in [5.74, 6) is 2.47. The average molecular weight is 285 g/mol. The number of nitrogens with zero attached hydrogens (tertiary/aromatic N) is 2. The Morgan fingerprint density at radius 2 is 1.95 bits per heavy atom. The van der Waals surface area contributed by atoms with E-state index in [4.69, 9.17) is 4.98 Å². The Morgan fingerprint density at radius 3 is 2.60 bits per heavy atom.